The van der Waals surface area contributed by atoms with Crippen molar-refractivity contribution in [3.8, 4) is 0 Å². The molecule has 1 aliphatic heterocycles. The van der Waals surface area contributed by atoms with Crippen LogP contribution < -0.4 is 5.56 Å². The lowest BCUT2D eigenvalue weighted by Crippen LogP contribution is -2.31. The van der Waals surface area contributed by atoms with Crippen LogP contribution in [0.4, 0.5) is 0 Å². The Labute approximate surface area is 87.9 Å². The molecular weight excluding hydrogens is 192 g/mol. The predicted octanol–water partition coefficient (Wildman–Crippen LogP) is 1.06. The second-order valence-corrected chi connectivity index (χ2v) is 3.83. The highest BCUT2D eigenvalue weighted by Gasteiger charge is 2.29. The van der Waals surface area contributed by atoms with Crippen LogP contribution in [0.1, 0.15) is 31.4 Å². The highest BCUT2D eigenvalue weighted by atomic mass is 16.2. The van der Waals surface area contributed by atoms with Crippen molar-refractivity contribution in [1.29, 1.82) is 0 Å². The van der Waals surface area contributed by atoms with Gasteiger partial charge in [-0.2, -0.15) is 0 Å². The van der Waals surface area contributed by atoms with Crippen LogP contribution in [0.15, 0.2) is 23.1 Å². The molecule has 4 nitrogen and oxygen atoms in total. The van der Waals surface area contributed by atoms with E-state index in [9.17, 15) is 9.59 Å². The van der Waals surface area contributed by atoms with Gasteiger partial charge in [0, 0.05) is 25.2 Å². The number of aromatic amines is 1. The van der Waals surface area contributed by atoms with E-state index in [1.165, 1.54) is 0 Å². The molecule has 4 heteroatoms. The third-order valence-corrected chi connectivity index (χ3v) is 2.86. The number of carbonyl (C=O) groups is 1. The van der Waals surface area contributed by atoms with Crippen molar-refractivity contribution in [2.45, 2.75) is 25.8 Å². The van der Waals surface area contributed by atoms with Gasteiger partial charge in [0.15, 0.2) is 0 Å². The van der Waals surface area contributed by atoms with E-state index in [-0.39, 0.29) is 17.5 Å². The predicted molar refractivity (Wildman–Crippen MR) is 56.4 cm³/mol. The minimum absolute atomic E-state index is 0.0348. The lowest BCUT2D eigenvalue weighted by atomic mass is 10.1. The minimum Gasteiger partial charge on any atom is -0.336 e. The van der Waals surface area contributed by atoms with Crippen LogP contribution >= 0.6 is 0 Å². The molecule has 1 atom stereocenters. The Morgan fingerprint density at radius 3 is 3.07 bits per heavy atom. The van der Waals surface area contributed by atoms with Gasteiger partial charge in [-0.05, 0) is 25.0 Å². The summed E-state index contributed by atoms with van der Waals surface area (Å²) in [7, 11) is 0. The molecule has 1 amide bonds. The number of nitrogens with one attached hydrogen (secondary N) is 1. The van der Waals surface area contributed by atoms with Crippen LogP contribution in [0.25, 0.3) is 0 Å². The lowest BCUT2D eigenvalue weighted by molar-refractivity contribution is -0.129. The zero-order chi connectivity index (χ0) is 10.8. The quantitative estimate of drug-likeness (QED) is 0.747. The molecule has 0 aromatic carbocycles. The van der Waals surface area contributed by atoms with E-state index in [2.05, 4.69) is 4.98 Å². The molecule has 1 aromatic heterocycles. The van der Waals surface area contributed by atoms with E-state index in [1.54, 1.807) is 30.2 Å². The van der Waals surface area contributed by atoms with Crippen LogP contribution in [-0.2, 0) is 4.79 Å². The maximum Gasteiger partial charge on any atom is 0.253 e. The lowest BCUT2D eigenvalue weighted by Gasteiger charge is -2.22. The van der Waals surface area contributed by atoms with Crippen molar-refractivity contribution in [2.75, 3.05) is 6.54 Å². The first-order valence-electron chi connectivity index (χ1n) is 5.15. The Kier molecular flexibility index (Phi) is 2.58. The largest absolute Gasteiger partial charge is 0.336 e. The molecule has 2 rings (SSSR count). The standard InChI is InChI=1S/C11H14N2O2/c1-8(14)13-7-3-5-10(13)9-4-2-6-12-11(9)15/h2,4,6,10H,3,5,7H2,1H3,(H,12,15). The molecule has 1 N–H and O–H groups in total. The topological polar surface area (TPSA) is 53.2 Å². The van der Waals surface area contributed by atoms with Crippen molar-refractivity contribution in [3.05, 3.63) is 34.2 Å². The number of likely N-dealkylation sites (tertiary alicyclic amines) is 1. The van der Waals surface area contributed by atoms with Crippen molar-refractivity contribution < 1.29 is 4.79 Å². The number of hydrogen-bond donors (Lipinski definition) is 1. The molecule has 0 aliphatic carbocycles. The van der Waals surface area contributed by atoms with Crippen molar-refractivity contribution in [3.63, 3.8) is 0 Å². The van der Waals surface area contributed by atoms with Gasteiger partial charge in [-0.3, -0.25) is 9.59 Å². The maximum atomic E-state index is 11.6. The van der Waals surface area contributed by atoms with Gasteiger partial charge in [-0.1, -0.05) is 0 Å². The highest BCUT2D eigenvalue weighted by molar-refractivity contribution is 5.74. The van der Waals surface area contributed by atoms with Gasteiger partial charge in [0.05, 0.1) is 6.04 Å². The van der Waals surface area contributed by atoms with Crippen molar-refractivity contribution >= 4 is 5.91 Å². The second-order valence-electron chi connectivity index (χ2n) is 3.83. The molecule has 1 fully saturated rings. The summed E-state index contributed by atoms with van der Waals surface area (Å²) >= 11 is 0. The average Bonchev–Trinajstić information content (AvgIpc) is 2.67. The van der Waals surface area contributed by atoms with Crippen molar-refractivity contribution in [2.24, 2.45) is 0 Å². The third kappa shape index (κ3) is 1.79. The van der Waals surface area contributed by atoms with Gasteiger partial charge in [0.1, 0.15) is 0 Å². The molecule has 0 bridgehead atoms. The molecule has 2 heterocycles. The zero-order valence-electron chi connectivity index (χ0n) is 8.69. The zero-order valence-corrected chi connectivity index (χ0v) is 8.69. The van der Waals surface area contributed by atoms with Crippen molar-refractivity contribution in [1.82, 2.24) is 9.88 Å². The fourth-order valence-corrected chi connectivity index (χ4v) is 2.16. The summed E-state index contributed by atoms with van der Waals surface area (Å²) < 4.78 is 0. The monoisotopic (exact) mass is 206 g/mol. The van der Waals surface area contributed by atoms with Crippen LogP contribution in [0.3, 0.4) is 0 Å². The molecular formula is C11H14N2O2. The summed E-state index contributed by atoms with van der Waals surface area (Å²) in [6.07, 6.45) is 3.46. The first kappa shape index (κ1) is 9.96. The first-order valence-corrected chi connectivity index (χ1v) is 5.15. The average molecular weight is 206 g/mol. The number of pyridine rings is 1. The minimum atomic E-state index is -0.0874. The number of nitrogens with zero attached hydrogens (tertiary/aromatic N) is 1. The summed E-state index contributed by atoms with van der Waals surface area (Å²) in [5, 5.41) is 0. The summed E-state index contributed by atoms with van der Waals surface area (Å²) in [6.45, 7) is 2.31. The van der Waals surface area contributed by atoms with Crippen LogP contribution in [0, 0.1) is 0 Å². The van der Waals surface area contributed by atoms with Gasteiger partial charge >= 0.3 is 0 Å². The Morgan fingerprint density at radius 2 is 2.40 bits per heavy atom. The molecule has 1 aromatic rings. The fourth-order valence-electron chi connectivity index (χ4n) is 2.16. The number of amides is 1. The first-order chi connectivity index (χ1) is 7.20. The number of rotatable bonds is 1. The summed E-state index contributed by atoms with van der Waals surface area (Å²) in [6, 6.07) is 3.56. The normalized spacial score (nSPS) is 20.6. The van der Waals surface area contributed by atoms with Gasteiger partial charge < -0.3 is 9.88 Å². The summed E-state index contributed by atoms with van der Waals surface area (Å²) in [4.78, 5) is 27.3. The molecule has 0 radical (unpaired) electrons. The molecule has 15 heavy (non-hydrogen) atoms. The Hall–Kier alpha value is -1.58. The molecule has 1 saturated heterocycles. The van der Waals surface area contributed by atoms with Gasteiger partial charge in [-0.15, -0.1) is 0 Å². The molecule has 0 spiro atoms. The fraction of sp³-hybridized carbons (Fsp3) is 0.455. The number of H-pyrrole nitrogens is 1. The van der Waals surface area contributed by atoms with Crippen LogP contribution in [0.5, 0.6) is 0 Å². The Morgan fingerprint density at radius 1 is 1.60 bits per heavy atom. The van der Waals surface area contributed by atoms with Crippen LogP contribution in [0.2, 0.25) is 0 Å². The van der Waals surface area contributed by atoms with Gasteiger partial charge in [0.25, 0.3) is 5.56 Å². The second kappa shape index (κ2) is 3.88. The molecule has 1 unspecified atom stereocenters. The summed E-state index contributed by atoms with van der Waals surface area (Å²) in [5.41, 5.74) is 0.612. The van der Waals surface area contributed by atoms with Crippen LogP contribution in [-0.4, -0.2) is 22.3 Å². The number of aromatic nitrogens is 1. The van der Waals surface area contributed by atoms with E-state index >= 15 is 0 Å². The highest BCUT2D eigenvalue weighted by Crippen LogP contribution is 2.29. The Balaban J connectivity index is 2.35. The smallest absolute Gasteiger partial charge is 0.253 e. The van der Waals surface area contributed by atoms with Gasteiger partial charge in [-0.25, -0.2) is 0 Å². The van der Waals surface area contributed by atoms with E-state index in [1.807, 2.05) is 0 Å². The van der Waals surface area contributed by atoms with E-state index < -0.39 is 0 Å². The number of hydrogen-bond acceptors (Lipinski definition) is 2. The Bertz CT molecular complexity index is 425. The van der Waals surface area contributed by atoms with E-state index in [0.29, 0.717) is 5.56 Å². The van der Waals surface area contributed by atoms with E-state index in [0.717, 1.165) is 19.4 Å². The van der Waals surface area contributed by atoms with E-state index in [4.69, 9.17) is 0 Å². The summed E-state index contributed by atoms with van der Waals surface area (Å²) in [5.74, 6) is 0.0424. The molecule has 80 valence electrons. The SMILES string of the molecule is CC(=O)N1CCCC1c1ccc[nH]c1=O. The number of carbonyl (C=O) groups excluding carboxylic acids is 1. The molecule has 0 saturated carbocycles. The van der Waals surface area contributed by atoms with Gasteiger partial charge in [0.2, 0.25) is 5.91 Å². The third-order valence-electron chi connectivity index (χ3n) is 2.86. The maximum absolute atomic E-state index is 11.6. The molecule has 1 aliphatic rings.